The maximum Gasteiger partial charge on any atom is 0.268 e. The summed E-state index contributed by atoms with van der Waals surface area (Å²) in [6.07, 6.45) is 5.33. The number of nitrogens with zero attached hydrogens (tertiary/aromatic N) is 2. The average Bonchev–Trinajstić information content (AvgIpc) is 3.53. The number of H-pyrrole nitrogens is 1. The molecule has 3 aromatic heterocycles. The molecule has 1 unspecified atom stereocenters. The fraction of sp³-hybridized carbons (Fsp3) is 0.286. The molecule has 1 aliphatic carbocycles. The van der Waals surface area contributed by atoms with Gasteiger partial charge in [-0.2, -0.15) is 11.8 Å². The van der Waals surface area contributed by atoms with Crippen LogP contribution >= 0.6 is 23.1 Å². The lowest BCUT2D eigenvalue weighted by molar-refractivity contribution is 0.0952. The van der Waals surface area contributed by atoms with Gasteiger partial charge in [0.15, 0.2) is 5.78 Å². The van der Waals surface area contributed by atoms with Crippen LogP contribution in [0.4, 0.5) is 5.82 Å². The first kappa shape index (κ1) is 24.5. The van der Waals surface area contributed by atoms with Gasteiger partial charge in [-0.15, -0.1) is 11.3 Å². The van der Waals surface area contributed by atoms with E-state index in [2.05, 4.69) is 46.2 Å². The molecule has 6 nitrogen and oxygen atoms in total. The normalized spacial score (nSPS) is 15.2. The van der Waals surface area contributed by atoms with Gasteiger partial charge in [0, 0.05) is 35.9 Å². The molecule has 8 heteroatoms. The number of carbonyl (C=O) groups is 2. The number of aromatic nitrogens is 3. The Hall–Kier alpha value is -3.23. The minimum Gasteiger partial charge on any atom is -0.358 e. The number of anilines is 1. The standard InChI is InChI=1S/C28H28N4O2S2/c1-17(2)35-15-19-11-22-26(23(33)12-19)21(10-18-6-4-3-5-7-18)27(31-22)20-8-9-30-25(13-20)32-28(34)24-14-29-16-36-24/h3-9,13-14,16-17,19,31H,10-12,15H2,1-2H3,(H,30,32,34). The van der Waals surface area contributed by atoms with E-state index in [1.165, 1.54) is 11.3 Å². The van der Waals surface area contributed by atoms with E-state index in [0.717, 1.165) is 45.8 Å². The van der Waals surface area contributed by atoms with Crippen LogP contribution in [0.5, 0.6) is 0 Å². The number of carbonyl (C=O) groups excluding carboxylic acids is 2. The summed E-state index contributed by atoms with van der Waals surface area (Å²) in [5.74, 6) is 1.75. The average molecular weight is 517 g/mol. The predicted molar refractivity (Wildman–Crippen MR) is 147 cm³/mol. The highest BCUT2D eigenvalue weighted by molar-refractivity contribution is 7.99. The lowest BCUT2D eigenvalue weighted by Crippen LogP contribution is -2.22. The summed E-state index contributed by atoms with van der Waals surface area (Å²) in [5.41, 5.74) is 7.47. The van der Waals surface area contributed by atoms with E-state index in [1.54, 1.807) is 17.9 Å². The molecule has 4 aromatic rings. The van der Waals surface area contributed by atoms with Crippen LogP contribution < -0.4 is 5.32 Å². The first-order valence-corrected chi connectivity index (χ1v) is 14.0. The summed E-state index contributed by atoms with van der Waals surface area (Å²) in [6.45, 7) is 4.39. The molecule has 0 saturated heterocycles. The lowest BCUT2D eigenvalue weighted by Gasteiger charge is -2.22. The van der Waals surface area contributed by atoms with Gasteiger partial charge in [0.2, 0.25) is 0 Å². The largest absolute Gasteiger partial charge is 0.358 e. The number of benzene rings is 1. The molecule has 5 rings (SSSR count). The molecule has 184 valence electrons. The van der Waals surface area contributed by atoms with E-state index in [-0.39, 0.29) is 11.7 Å². The number of amides is 1. The zero-order chi connectivity index (χ0) is 25.1. The number of thioether (sulfide) groups is 1. The number of hydrogen-bond donors (Lipinski definition) is 2. The van der Waals surface area contributed by atoms with Crippen molar-refractivity contribution < 1.29 is 9.59 Å². The number of Topliss-reactive ketones (excluding diaryl/α,β-unsaturated/α-hetero) is 1. The van der Waals surface area contributed by atoms with Crippen molar-refractivity contribution in [2.24, 2.45) is 5.92 Å². The predicted octanol–water partition coefficient (Wildman–Crippen LogP) is 6.26. The molecule has 1 atom stereocenters. The maximum atomic E-state index is 13.4. The minimum atomic E-state index is -0.238. The van der Waals surface area contributed by atoms with Gasteiger partial charge in [0.25, 0.3) is 5.91 Å². The van der Waals surface area contributed by atoms with Crippen LogP contribution in [0, 0.1) is 5.92 Å². The molecule has 0 saturated carbocycles. The van der Waals surface area contributed by atoms with Crippen molar-refractivity contribution in [1.29, 1.82) is 0 Å². The minimum absolute atomic E-state index is 0.215. The summed E-state index contributed by atoms with van der Waals surface area (Å²) >= 11 is 3.20. The summed E-state index contributed by atoms with van der Waals surface area (Å²) in [5, 5.41) is 3.41. The second-order valence-electron chi connectivity index (χ2n) is 9.32. The van der Waals surface area contributed by atoms with Crippen molar-refractivity contribution in [2.45, 2.75) is 38.4 Å². The van der Waals surface area contributed by atoms with Gasteiger partial charge in [-0.25, -0.2) is 4.98 Å². The van der Waals surface area contributed by atoms with Crippen molar-refractivity contribution in [1.82, 2.24) is 15.0 Å². The summed E-state index contributed by atoms with van der Waals surface area (Å²) in [6, 6.07) is 14.0. The van der Waals surface area contributed by atoms with Crippen molar-refractivity contribution in [2.75, 3.05) is 11.1 Å². The topological polar surface area (TPSA) is 87.7 Å². The molecule has 0 fully saturated rings. The van der Waals surface area contributed by atoms with E-state index in [4.69, 9.17) is 0 Å². The van der Waals surface area contributed by atoms with Crippen molar-refractivity contribution in [3.05, 3.63) is 87.6 Å². The third kappa shape index (κ3) is 5.44. The molecule has 1 amide bonds. The molecule has 0 bridgehead atoms. The maximum absolute atomic E-state index is 13.4. The van der Waals surface area contributed by atoms with Gasteiger partial charge in [0.05, 0.1) is 17.4 Å². The highest BCUT2D eigenvalue weighted by Crippen LogP contribution is 2.37. The summed E-state index contributed by atoms with van der Waals surface area (Å²) < 4.78 is 0. The third-order valence-electron chi connectivity index (χ3n) is 6.26. The Morgan fingerprint density at radius 3 is 2.81 bits per heavy atom. The second kappa shape index (κ2) is 10.8. The molecule has 1 aliphatic rings. The van der Waals surface area contributed by atoms with E-state index in [1.807, 2.05) is 42.1 Å². The van der Waals surface area contributed by atoms with Crippen LogP contribution in [0.2, 0.25) is 0 Å². The van der Waals surface area contributed by atoms with Gasteiger partial charge < -0.3 is 10.3 Å². The Morgan fingerprint density at radius 2 is 2.06 bits per heavy atom. The number of thiazole rings is 1. The molecular weight excluding hydrogens is 488 g/mol. The van der Waals surface area contributed by atoms with Crippen molar-refractivity contribution in [3.8, 4) is 11.3 Å². The molecule has 0 spiro atoms. The van der Waals surface area contributed by atoms with Gasteiger partial charge >= 0.3 is 0 Å². The molecule has 0 radical (unpaired) electrons. The Labute approximate surface area is 219 Å². The van der Waals surface area contributed by atoms with Crippen LogP contribution in [0.15, 0.2) is 60.4 Å². The second-order valence-corrected chi connectivity index (χ2v) is 11.8. The fourth-order valence-corrected chi connectivity index (χ4v) is 6.05. The highest BCUT2D eigenvalue weighted by Gasteiger charge is 2.31. The van der Waals surface area contributed by atoms with E-state index in [9.17, 15) is 9.59 Å². The van der Waals surface area contributed by atoms with Gasteiger partial charge in [0.1, 0.15) is 10.7 Å². The molecular formula is C28H28N4O2S2. The molecule has 36 heavy (non-hydrogen) atoms. The van der Waals surface area contributed by atoms with Gasteiger partial charge in [-0.3, -0.25) is 14.6 Å². The first-order chi connectivity index (χ1) is 17.5. The Bertz CT molecular complexity index is 1360. The van der Waals surface area contributed by atoms with Gasteiger partial charge in [-0.1, -0.05) is 44.2 Å². The SMILES string of the molecule is CC(C)SCC1CC(=O)c2c([nH]c(-c3ccnc(NC(=O)c4cncs4)c3)c2Cc2ccccc2)C1. The zero-order valence-electron chi connectivity index (χ0n) is 20.3. The summed E-state index contributed by atoms with van der Waals surface area (Å²) in [7, 11) is 0. The van der Waals surface area contributed by atoms with Crippen LogP contribution in [0.25, 0.3) is 11.3 Å². The molecule has 1 aromatic carbocycles. The third-order valence-corrected chi connectivity index (χ3v) is 8.36. The Balaban J connectivity index is 1.50. The number of hydrogen-bond acceptors (Lipinski definition) is 6. The van der Waals surface area contributed by atoms with Crippen LogP contribution in [0.3, 0.4) is 0 Å². The highest BCUT2D eigenvalue weighted by atomic mass is 32.2. The number of aromatic amines is 1. The molecule has 2 N–H and O–H groups in total. The molecule has 0 aliphatic heterocycles. The van der Waals surface area contributed by atoms with E-state index < -0.39 is 0 Å². The van der Waals surface area contributed by atoms with Crippen LogP contribution in [-0.4, -0.2) is 37.6 Å². The Kier molecular flexibility index (Phi) is 7.34. The van der Waals surface area contributed by atoms with E-state index >= 15 is 0 Å². The van der Waals surface area contributed by atoms with Crippen molar-refractivity contribution in [3.63, 3.8) is 0 Å². The van der Waals surface area contributed by atoms with Gasteiger partial charge in [-0.05, 0) is 46.6 Å². The number of ketones is 1. The van der Waals surface area contributed by atoms with Crippen molar-refractivity contribution >= 4 is 40.6 Å². The number of fused-ring (bicyclic) bond motifs is 1. The fourth-order valence-electron chi connectivity index (χ4n) is 4.64. The number of rotatable bonds is 8. The monoisotopic (exact) mass is 516 g/mol. The zero-order valence-corrected chi connectivity index (χ0v) is 21.9. The summed E-state index contributed by atoms with van der Waals surface area (Å²) in [4.78, 5) is 38.4. The number of pyridine rings is 1. The number of nitrogens with one attached hydrogen (secondary N) is 2. The Morgan fingerprint density at radius 1 is 1.22 bits per heavy atom. The van der Waals surface area contributed by atoms with E-state index in [0.29, 0.717) is 34.7 Å². The van der Waals surface area contributed by atoms with Crippen LogP contribution in [0.1, 0.15) is 57.1 Å². The smallest absolute Gasteiger partial charge is 0.268 e. The first-order valence-electron chi connectivity index (χ1n) is 12.1. The quantitative estimate of drug-likeness (QED) is 0.288. The van der Waals surface area contributed by atoms with Crippen LogP contribution in [-0.2, 0) is 12.8 Å². The lowest BCUT2D eigenvalue weighted by atomic mass is 9.84. The molecule has 3 heterocycles.